The molecular formula is C20H18FN3O2. The highest BCUT2D eigenvalue weighted by molar-refractivity contribution is 5.95. The number of nitrogens with zero attached hydrogens (tertiary/aromatic N) is 3. The minimum absolute atomic E-state index is 0.151. The Balaban J connectivity index is 1.69. The van der Waals surface area contributed by atoms with Crippen molar-refractivity contribution in [2.24, 2.45) is 0 Å². The van der Waals surface area contributed by atoms with E-state index in [9.17, 15) is 14.0 Å². The standard InChI is InChI=1S/C20H18FN3O2/c21-18-7-2-6-17(13-18)20(26)24-9-3-8-23(10-11-24)19(25)16-5-1-4-15(12-16)14-22/h1-2,4-7,12-13H,3,8-11H2. The summed E-state index contributed by atoms with van der Waals surface area (Å²) in [6, 6.07) is 14.2. The molecule has 26 heavy (non-hydrogen) atoms. The molecule has 5 nitrogen and oxygen atoms in total. The van der Waals surface area contributed by atoms with Crippen molar-refractivity contribution in [1.29, 1.82) is 5.26 Å². The van der Waals surface area contributed by atoms with Gasteiger partial charge < -0.3 is 9.80 Å². The van der Waals surface area contributed by atoms with E-state index in [2.05, 4.69) is 0 Å². The van der Waals surface area contributed by atoms with Crippen LogP contribution in [0.3, 0.4) is 0 Å². The summed E-state index contributed by atoms with van der Waals surface area (Å²) in [7, 11) is 0. The van der Waals surface area contributed by atoms with E-state index in [4.69, 9.17) is 5.26 Å². The Bertz CT molecular complexity index is 875. The third-order valence-electron chi connectivity index (χ3n) is 4.38. The van der Waals surface area contributed by atoms with Gasteiger partial charge in [-0.25, -0.2) is 4.39 Å². The van der Waals surface area contributed by atoms with E-state index in [1.54, 1.807) is 40.1 Å². The fraction of sp³-hybridized carbons (Fsp3) is 0.250. The molecule has 132 valence electrons. The van der Waals surface area contributed by atoms with Gasteiger partial charge in [0, 0.05) is 37.3 Å². The summed E-state index contributed by atoms with van der Waals surface area (Å²) in [6.07, 6.45) is 0.644. The zero-order chi connectivity index (χ0) is 18.5. The molecule has 0 N–H and O–H groups in total. The van der Waals surface area contributed by atoms with Crippen LogP contribution in [0.1, 0.15) is 32.7 Å². The molecule has 0 aliphatic carbocycles. The van der Waals surface area contributed by atoms with Crippen LogP contribution < -0.4 is 0 Å². The summed E-state index contributed by atoms with van der Waals surface area (Å²) in [4.78, 5) is 28.6. The molecule has 1 aliphatic rings. The molecule has 0 unspecified atom stereocenters. The van der Waals surface area contributed by atoms with Gasteiger partial charge in [-0.05, 0) is 42.8 Å². The summed E-state index contributed by atoms with van der Waals surface area (Å²) in [6.45, 7) is 1.83. The molecule has 0 atom stereocenters. The molecule has 3 rings (SSSR count). The SMILES string of the molecule is N#Cc1cccc(C(=O)N2CCCN(C(=O)c3cccc(F)c3)CC2)c1. The summed E-state index contributed by atoms with van der Waals surface area (Å²) in [5, 5.41) is 8.98. The Morgan fingerprint density at radius 2 is 1.46 bits per heavy atom. The second-order valence-electron chi connectivity index (χ2n) is 6.14. The van der Waals surface area contributed by atoms with Crippen molar-refractivity contribution in [2.75, 3.05) is 26.2 Å². The number of rotatable bonds is 2. The first-order chi connectivity index (χ1) is 12.6. The molecule has 6 heteroatoms. The smallest absolute Gasteiger partial charge is 0.254 e. The molecule has 2 aromatic rings. The van der Waals surface area contributed by atoms with Crippen LogP contribution in [0, 0.1) is 17.1 Å². The van der Waals surface area contributed by atoms with Crippen LogP contribution in [0.2, 0.25) is 0 Å². The summed E-state index contributed by atoms with van der Waals surface area (Å²) >= 11 is 0. The summed E-state index contributed by atoms with van der Waals surface area (Å²) < 4.78 is 13.3. The van der Waals surface area contributed by atoms with Crippen LogP contribution >= 0.6 is 0 Å². The van der Waals surface area contributed by atoms with Crippen molar-refractivity contribution >= 4 is 11.8 Å². The number of nitriles is 1. The molecule has 0 radical (unpaired) electrons. The molecular weight excluding hydrogens is 333 g/mol. The zero-order valence-corrected chi connectivity index (χ0v) is 14.2. The fourth-order valence-electron chi connectivity index (χ4n) is 3.03. The number of amides is 2. The highest BCUT2D eigenvalue weighted by Gasteiger charge is 2.23. The maximum absolute atomic E-state index is 13.3. The van der Waals surface area contributed by atoms with Crippen molar-refractivity contribution in [2.45, 2.75) is 6.42 Å². The van der Waals surface area contributed by atoms with Gasteiger partial charge in [0.1, 0.15) is 5.82 Å². The van der Waals surface area contributed by atoms with Gasteiger partial charge in [0.25, 0.3) is 11.8 Å². The molecule has 2 amide bonds. The van der Waals surface area contributed by atoms with Gasteiger partial charge in [0.2, 0.25) is 0 Å². The van der Waals surface area contributed by atoms with Crippen LogP contribution in [0.15, 0.2) is 48.5 Å². The highest BCUT2D eigenvalue weighted by atomic mass is 19.1. The van der Waals surface area contributed by atoms with Crippen molar-refractivity contribution in [3.8, 4) is 6.07 Å². The van der Waals surface area contributed by atoms with Gasteiger partial charge >= 0.3 is 0 Å². The normalized spacial score (nSPS) is 14.5. The van der Waals surface area contributed by atoms with Gasteiger partial charge in [0.05, 0.1) is 11.6 Å². The van der Waals surface area contributed by atoms with Gasteiger partial charge in [0.15, 0.2) is 0 Å². The van der Waals surface area contributed by atoms with Crippen molar-refractivity contribution < 1.29 is 14.0 Å². The average Bonchev–Trinajstić information content (AvgIpc) is 2.93. The van der Waals surface area contributed by atoms with E-state index in [1.165, 1.54) is 18.2 Å². The molecule has 1 heterocycles. The largest absolute Gasteiger partial charge is 0.337 e. The van der Waals surface area contributed by atoms with Crippen molar-refractivity contribution in [3.63, 3.8) is 0 Å². The second-order valence-corrected chi connectivity index (χ2v) is 6.14. The number of hydrogen-bond donors (Lipinski definition) is 0. The molecule has 2 aromatic carbocycles. The van der Waals surface area contributed by atoms with Crippen molar-refractivity contribution in [3.05, 3.63) is 71.0 Å². The number of benzene rings is 2. The lowest BCUT2D eigenvalue weighted by Gasteiger charge is -2.22. The van der Waals surface area contributed by atoms with Crippen LogP contribution in [0.25, 0.3) is 0 Å². The predicted octanol–water partition coefficient (Wildman–Crippen LogP) is 2.69. The second kappa shape index (κ2) is 7.79. The quantitative estimate of drug-likeness (QED) is 0.836. The van der Waals surface area contributed by atoms with E-state index in [0.29, 0.717) is 49.3 Å². The Hall–Kier alpha value is -3.20. The first-order valence-electron chi connectivity index (χ1n) is 8.43. The average molecular weight is 351 g/mol. The van der Waals surface area contributed by atoms with E-state index in [-0.39, 0.29) is 11.8 Å². The topological polar surface area (TPSA) is 64.4 Å². The lowest BCUT2D eigenvalue weighted by molar-refractivity contribution is 0.0718. The minimum Gasteiger partial charge on any atom is -0.337 e. The monoisotopic (exact) mass is 351 g/mol. The van der Waals surface area contributed by atoms with Gasteiger partial charge in [-0.3, -0.25) is 9.59 Å². The van der Waals surface area contributed by atoms with Crippen molar-refractivity contribution in [1.82, 2.24) is 9.80 Å². The molecule has 1 fully saturated rings. The summed E-state index contributed by atoms with van der Waals surface area (Å²) in [5.41, 5.74) is 1.22. The number of halogens is 1. The molecule has 0 spiro atoms. The van der Waals surface area contributed by atoms with Gasteiger partial charge in [-0.2, -0.15) is 5.26 Å². The van der Waals surface area contributed by atoms with Crippen LogP contribution in [0.5, 0.6) is 0 Å². The lowest BCUT2D eigenvalue weighted by atomic mass is 10.1. The molecule has 1 saturated heterocycles. The Morgan fingerprint density at radius 3 is 2.04 bits per heavy atom. The minimum atomic E-state index is -0.445. The first-order valence-corrected chi connectivity index (χ1v) is 8.43. The van der Waals surface area contributed by atoms with E-state index >= 15 is 0 Å². The third-order valence-corrected chi connectivity index (χ3v) is 4.38. The number of carbonyl (C=O) groups excluding carboxylic acids is 2. The fourth-order valence-corrected chi connectivity index (χ4v) is 3.03. The predicted molar refractivity (Wildman–Crippen MR) is 94.0 cm³/mol. The van der Waals surface area contributed by atoms with Crippen LogP contribution in [0.4, 0.5) is 4.39 Å². The lowest BCUT2D eigenvalue weighted by Crippen LogP contribution is -2.37. The number of carbonyl (C=O) groups is 2. The maximum atomic E-state index is 13.3. The summed E-state index contributed by atoms with van der Waals surface area (Å²) in [5.74, 6) is -0.827. The Kier molecular flexibility index (Phi) is 5.28. The third kappa shape index (κ3) is 3.89. The maximum Gasteiger partial charge on any atom is 0.254 e. The number of hydrogen-bond acceptors (Lipinski definition) is 3. The highest BCUT2D eigenvalue weighted by Crippen LogP contribution is 2.14. The van der Waals surface area contributed by atoms with Crippen LogP contribution in [-0.2, 0) is 0 Å². The molecule has 0 bridgehead atoms. The molecule has 0 aromatic heterocycles. The van der Waals surface area contributed by atoms with E-state index in [1.807, 2.05) is 6.07 Å². The molecule has 0 saturated carbocycles. The first kappa shape index (κ1) is 17.6. The van der Waals surface area contributed by atoms with E-state index in [0.717, 1.165) is 0 Å². The van der Waals surface area contributed by atoms with Gasteiger partial charge in [-0.15, -0.1) is 0 Å². The zero-order valence-electron chi connectivity index (χ0n) is 14.2. The van der Waals surface area contributed by atoms with E-state index < -0.39 is 5.82 Å². The Labute approximate surface area is 151 Å². The molecule has 1 aliphatic heterocycles. The van der Waals surface area contributed by atoms with Crippen LogP contribution in [-0.4, -0.2) is 47.8 Å². The van der Waals surface area contributed by atoms with Gasteiger partial charge in [-0.1, -0.05) is 12.1 Å². The Morgan fingerprint density at radius 1 is 0.885 bits per heavy atom.